The van der Waals surface area contributed by atoms with Crippen LogP contribution < -0.4 is 10.1 Å². The molecule has 2 aromatic heterocycles. The fraction of sp³-hybridized carbons (Fsp3) is 0.429. The number of nitrogens with one attached hydrogen (secondary N) is 1. The zero-order valence-electron chi connectivity index (χ0n) is 11.3. The summed E-state index contributed by atoms with van der Waals surface area (Å²) in [5.74, 6) is 0.782. The van der Waals surface area contributed by atoms with E-state index in [1.54, 1.807) is 17.5 Å². The first kappa shape index (κ1) is 14.0. The Morgan fingerprint density at radius 2 is 2.21 bits per heavy atom. The van der Waals surface area contributed by atoms with Crippen molar-refractivity contribution in [3.63, 3.8) is 0 Å². The van der Waals surface area contributed by atoms with E-state index in [0.29, 0.717) is 6.61 Å². The number of ether oxygens (including phenoxy) is 1. The van der Waals surface area contributed by atoms with Crippen molar-refractivity contribution in [2.75, 3.05) is 7.05 Å². The lowest BCUT2D eigenvalue weighted by Gasteiger charge is -2.05. The Kier molecular flexibility index (Phi) is 5.30. The van der Waals surface area contributed by atoms with E-state index in [2.05, 4.69) is 27.6 Å². The molecule has 0 unspecified atom stereocenters. The quantitative estimate of drug-likeness (QED) is 0.845. The Morgan fingerprint density at radius 1 is 1.32 bits per heavy atom. The summed E-state index contributed by atoms with van der Waals surface area (Å²) < 4.78 is 5.68. The van der Waals surface area contributed by atoms with Crippen molar-refractivity contribution in [1.29, 1.82) is 0 Å². The molecule has 4 nitrogen and oxygen atoms in total. The third kappa shape index (κ3) is 4.29. The van der Waals surface area contributed by atoms with Crippen molar-refractivity contribution in [1.82, 2.24) is 15.3 Å². The van der Waals surface area contributed by atoms with Gasteiger partial charge in [0.05, 0.1) is 22.6 Å². The van der Waals surface area contributed by atoms with Crippen LogP contribution in [0.5, 0.6) is 5.75 Å². The molecule has 0 bridgehead atoms. The molecule has 0 saturated carbocycles. The molecule has 2 aromatic rings. The molecule has 2 heterocycles. The second-order valence-corrected chi connectivity index (χ2v) is 5.23. The zero-order chi connectivity index (χ0) is 13.5. The summed E-state index contributed by atoms with van der Waals surface area (Å²) >= 11 is 1.70. The Bertz CT molecular complexity index is 496. The molecule has 0 amide bonds. The molecule has 0 atom stereocenters. The average molecular weight is 277 g/mol. The minimum Gasteiger partial charge on any atom is -0.486 e. The fourth-order valence-electron chi connectivity index (χ4n) is 1.68. The summed E-state index contributed by atoms with van der Waals surface area (Å²) in [6, 6.07) is 3.91. The summed E-state index contributed by atoms with van der Waals surface area (Å²) in [6.07, 6.45) is 3.93. The van der Waals surface area contributed by atoms with Crippen molar-refractivity contribution in [2.45, 2.75) is 32.9 Å². The normalized spacial score (nSPS) is 10.6. The van der Waals surface area contributed by atoms with E-state index in [9.17, 15) is 0 Å². The summed E-state index contributed by atoms with van der Waals surface area (Å²) in [7, 11) is 1.90. The topological polar surface area (TPSA) is 47.0 Å². The van der Waals surface area contributed by atoms with Gasteiger partial charge in [0.1, 0.15) is 12.4 Å². The van der Waals surface area contributed by atoms with Gasteiger partial charge in [0.2, 0.25) is 0 Å². The van der Waals surface area contributed by atoms with Gasteiger partial charge in [0, 0.05) is 11.9 Å². The summed E-state index contributed by atoms with van der Waals surface area (Å²) in [5.41, 5.74) is 2.00. The standard InChI is InChI=1S/C14H19N3OS/c1-3-4-14-17-12(10-19-14)9-18-13-6-5-11(7-15-2)16-8-13/h5-6,8,10,15H,3-4,7,9H2,1-2H3. The average Bonchev–Trinajstić information content (AvgIpc) is 2.87. The number of pyridine rings is 1. The molecule has 0 aliphatic carbocycles. The van der Waals surface area contributed by atoms with E-state index in [4.69, 9.17) is 4.74 Å². The maximum Gasteiger partial charge on any atom is 0.138 e. The molecule has 0 aromatic carbocycles. The van der Waals surface area contributed by atoms with E-state index in [-0.39, 0.29) is 0 Å². The van der Waals surface area contributed by atoms with Crippen LogP contribution in [-0.4, -0.2) is 17.0 Å². The minimum atomic E-state index is 0.507. The maximum absolute atomic E-state index is 5.68. The molecule has 0 aliphatic rings. The van der Waals surface area contributed by atoms with Gasteiger partial charge in [0.25, 0.3) is 0 Å². The van der Waals surface area contributed by atoms with Gasteiger partial charge in [-0.05, 0) is 32.0 Å². The first-order chi connectivity index (χ1) is 9.31. The van der Waals surface area contributed by atoms with E-state index in [0.717, 1.165) is 36.5 Å². The Hall–Kier alpha value is -1.46. The molecule has 5 heteroatoms. The molecular weight excluding hydrogens is 258 g/mol. The lowest BCUT2D eigenvalue weighted by Crippen LogP contribution is -2.06. The van der Waals surface area contributed by atoms with Crippen molar-refractivity contribution < 1.29 is 4.74 Å². The Morgan fingerprint density at radius 3 is 2.89 bits per heavy atom. The molecule has 0 saturated heterocycles. The molecule has 0 fully saturated rings. The van der Waals surface area contributed by atoms with Crippen LogP contribution in [0.4, 0.5) is 0 Å². The number of rotatable bonds is 7. The molecule has 2 rings (SSSR count). The van der Waals surface area contributed by atoms with Crippen LogP contribution in [0.1, 0.15) is 29.7 Å². The summed E-state index contributed by atoms with van der Waals surface area (Å²) in [6.45, 7) is 3.44. The van der Waals surface area contributed by atoms with Crippen molar-refractivity contribution >= 4 is 11.3 Å². The molecular formula is C14H19N3OS. The smallest absolute Gasteiger partial charge is 0.138 e. The number of hydrogen-bond acceptors (Lipinski definition) is 5. The van der Waals surface area contributed by atoms with Gasteiger partial charge in [-0.2, -0.15) is 0 Å². The minimum absolute atomic E-state index is 0.507. The lowest BCUT2D eigenvalue weighted by molar-refractivity contribution is 0.300. The van der Waals surface area contributed by atoms with Gasteiger partial charge in [-0.3, -0.25) is 4.98 Å². The first-order valence-corrected chi connectivity index (χ1v) is 7.35. The third-order valence-electron chi connectivity index (χ3n) is 2.61. The lowest BCUT2D eigenvalue weighted by atomic mass is 10.3. The highest BCUT2D eigenvalue weighted by Crippen LogP contribution is 2.15. The highest BCUT2D eigenvalue weighted by molar-refractivity contribution is 7.09. The van der Waals surface area contributed by atoms with Crippen LogP contribution in [0.2, 0.25) is 0 Å². The monoisotopic (exact) mass is 277 g/mol. The van der Waals surface area contributed by atoms with E-state index < -0.39 is 0 Å². The second-order valence-electron chi connectivity index (χ2n) is 4.29. The SMILES string of the molecule is CCCc1nc(COc2ccc(CNC)nc2)cs1. The Labute approximate surface area is 117 Å². The molecule has 0 radical (unpaired) electrons. The van der Waals surface area contributed by atoms with E-state index in [1.807, 2.05) is 19.2 Å². The van der Waals surface area contributed by atoms with Crippen molar-refractivity contribution in [3.8, 4) is 5.75 Å². The number of hydrogen-bond donors (Lipinski definition) is 1. The highest BCUT2D eigenvalue weighted by Gasteiger charge is 2.03. The predicted molar refractivity (Wildman–Crippen MR) is 77.4 cm³/mol. The summed E-state index contributed by atoms with van der Waals surface area (Å²) in [4.78, 5) is 8.84. The number of thiazole rings is 1. The molecule has 0 aliphatic heterocycles. The van der Waals surface area contributed by atoms with Crippen molar-refractivity contribution in [2.24, 2.45) is 0 Å². The van der Waals surface area contributed by atoms with Gasteiger partial charge in [-0.1, -0.05) is 6.92 Å². The predicted octanol–water partition coefficient (Wildman–Crippen LogP) is 2.79. The third-order valence-corrected chi connectivity index (χ3v) is 3.56. The van der Waals surface area contributed by atoms with Crippen LogP contribution in [0, 0.1) is 0 Å². The number of aryl methyl sites for hydroxylation is 1. The van der Waals surface area contributed by atoms with Crippen LogP contribution >= 0.6 is 11.3 Å². The van der Waals surface area contributed by atoms with Gasteiger partial charge in [-0.25, -0.2) is 4.98 Å². The van der Waals surface area contributed by atoms with E-state index >= 15 is 0 Å². The highest BCUT2D eigenvalue weighted by atomic mass is 32.1. The fourth-order valence-corrected chi connectivity index (χ4v) is 2.57. The molecule has 1 N–H and O–H groups in total. The molecule has 102 valence electrons. The van der Waals surface area contributed by atoms with Gasteiger partial charge < -0.3 is 10.1 Å². The number of aromatic nitrogens is 2. The molecule has 0 spiro atoms. The van der Waals surface area contributed by atoms with Crippen LogP contribution in [-0.2, 0) is 19.6 Å². The van der Waals surface area contributed by atoms with Crippen LogP contribution in [0.3, 0.4) is 0 Å². The van der Waals surface area contributed by atoms with Crippen LogP contribution in [0.15, 0.2) is 23.7 Å². The van der Waals surface area contributed by atoms with Gasteiger partial charge >= 0.3 is 0 Å². The molecule has 19 heavy (non-hydrogen) atoms. The van der Waals surface area contributed by atoms with Crippen LogP contribution in [0.25, 0.3) is 0 Å². The summed E-state index contributed by atoms with van der Waals surface area (Å²) in [5, 5.41) is 6.31. The van der Waals surface area contributed by atoms with Crippen molar-refractivity contribution in [3.05, 3.63) is 40.1 Å². The zero-order valence-corrected chi connectivity index (χ0v) is 12.2. The number of nitrogens with zero attached hydrogens (tertiary/aromatic N) is 2. The maximum atomic E-state index is 5.68. The largest absolute Gasteiger partial charge is 0.486 e. The second kappa shape index (κ2) is 7.21. The first-order valence-electron chi connectivity index (χ1n) is 6.47. The Balaban J connectivity index is 1.86. The van der Waals surface area contributed by atoms with Gasteiger partial charge in [0.15, 0.2) is 0 Å². The van der Waals surface area contributed by atoms with E-state index in [1.165, 1.54) is 5.01 Å². The van der Waals surface area contributed by atoms with Gasteiger partial charge in [-0.15, -0.1) is 11.3 Å².